The zero-order valence-electron chi connectivity index (χ0n) is 23.3. The number of imidazole rings is 1. The normalized spacial score (nSPS) is 14.6. The van der Waals surface area contributed by atoms with Gasteiger partial charge in [0.15, 0.2) is 0 Å². The highest BCUT2D eigenvalue weighted by Crippen LogP contribution is 2.35. The Bertz CT molecular complexity index is 1500. The molecule has 0 atom stereocenters. The number of nitrogens with zero attached hydrogens (tertiary/aromatic N) is 4. The maximum atomic E-state index is 14.2. The lowest BCUT2D eigenvalue weighted by Crippen LogP contribution is -2.45. The molecule has 0 spiro atoms. The fourth-order valence-corrected chi connectivity index (χ4v) is 7.04. The van der Waals surface area contributed by atoms with Crippen LogP contribution < -0.4 is 20.2 Å². The highest BCUT2D eigenvalue weighted by Gasteiger charge is 2.32. The zero-order chi connectivity index (χ0) is 28.3. The number of methoxy groups -OCH3 is 1. The predicted molar refractivity (Wildman–Crippen MR) is 151 cm³/mol. The Labute approximate surface area is 229 Å². The van der Waals surface area contributed by atoms with Crippen molar-refractivity contribution in [3.05, 3.63) is 46.9 Å². The van der Waals surface area contributed by atoms with Gasteiger partial charge >= 0.3 is 5.69 Å². The molecule has 10 nitrogen and oxygen atoms in total. The van der Waals surface area contributed by atoms with E-state index in [2.05, 4.69) is 0 Å². The molecule has 2 aromatic carbocycles. The first-order valence-electron chi connectivity index (χ1n) is 13.6. The van der Waals surface area contributed by atoms with E-state index in [0.29, 0.717) is 36.6 Å². The van der Waals surface area contributed by atoms with E-state index < -0.39 is 15.7 Å². The number of benzene rings is 2. The minimum Gasteiger partial charge on any atom is -0.495 e. The van der Waals surface area contributed by atoms with E-state index >= 15 is 0 Å². The first-order chi connectivity index (χ1) is 18.7. The summed E-state index contributed by atoms with van der Waals surface area (Å²) >= 11 is 0. The fraction of sp³-hybridized carbons (Fsp3) is 0.500. The molecule has 4 rings (SSSR count). The minimum absolute atomic E-state index is 0.0438. The molecule has 0 bridgehead atoms. The van der Waals surface area contributed by atoms with Crippen molar-refractivity contribution in [2.45, 2.75) is 70.7 Å². The number of hydrogen-bond acceptors (Lipinski definition) is 7. The van der Waals surface area contributed by atoms with Gasteiger partial charge in [-0.2, -0.15) is 3.97 Å². The van der Waals surface area contributed by atoms with Gasteiger partial charge in [-0.05, 0) is 44.0 Å². The SMILES string of the molecule is CCOc1ccc2c(c1)n(C1CCCCC1)c(=O)n2S(=O)(=O)c1ccc(N(C(C)=O)N(CC)CC)cc1OC. The maximum Gasteiger partial charge on any atom is 0.343 e. The number of anilines is 1. The third kappa shape index (κ3) is 5.29. The molecule has 0 unspecified atom stereocenters. The summed E-state index contributed by atoms with van der Waals surface area (Å²) in [5.74, 6) is 0.405. The third-order valence-corrected chi connectivity index (χ3v) is 9.00. The summed E-state index contributed by atoms with van der Waals surface area (Å²) in [6.45, 7) is 8.80. The van der Waals surface area contributed by atoms with Crippen LogP contribution in [0, 0.1) is 0 Å². The molecule has 0 aliphatic heterocycles. The highest BCUT2D eigenvalue weighted by molar-refractivity contribution is 7.90. The molecule has 0 saturated heterocycles. The van der Waals surface area contributed by atoms with Crippen LogP contribution in [-0.4, -0.2) is 54.7 Å². The number of fused-ring (bicyclic) bond motifs is 1. The fourth-order valence-electron chi connectivity index (χ4n) is 5.50. The topological polar surface area (TPSA) is 103 Å². The lowest BCUT2D eigenvalue weighted by atomic mass is 9.95. The molecule has 11 heteroatoms. The number of amides is 1. The summed E-state index contributed by atoms with van der Waals surface area (Å²) in [5, 5.41) is 3.33. The number of hydrazine groups is 1. The van der Waals surface area contributed by atoms with E-state index in [9.17, 15) is 18.0 Å². The van der Waals surface area contributed by atoms with Crippen molar-refractivity contribution in [2.24, 2.45) is 0 Å². The predicted octanol–water partition coefficient (Wildman–Crippen LogP) is 4.56. The second-order valence-corrected chi connectivity index (χ2v) is 11.4. The molecule has 3 aromatic rings. The van der Waals surface area contributed by atoms with E-state index in [1.165, 1.54) is 31.2 Å². The van der Waals surface area contributed by atoms with E-state index in [1.807, 2.05) is 25.8 Å². The van der Waals surface area contributed by atoms with Gasteiger partial charge in [0.25, 0.3) is 10.0 Å². The monoisotopic (exact) mass is 558 g/mol. The number of hydrogen-bond donors (Lipinski definition) is 0. The molecule has 1 fully saturated rings. The van der Waals surface area contributed by atoms with Crippen molar-refractivity contribution in [2.75, 3.05) is 31.8 Å². The molecule has 1 amide bonds. The largest absolute Gasteiger partial charge is 0.495 e. The van der Waals surface area contributed by atoms with Crippen LogP contribution in [0.1, 0.15) is 65.8 Å². The van der Waals surface area contributed by atoms with Gasteiger partial charge in [-0.3, -0.25) is 9.36 Å². The molecule has 39 heavy (non-hydrogen) atoms. The molecule has 0 radical (unpaired) electrons. The van der Waals surface area contributed by atoms with Crippen molar-refractivity contribution < 1.29 is 22.7 Å². The standard InChI is InChI=1S/C28H38N4O6S/c1-6-29(7-2)31(20(4)33)22-14-17-27(26(18-22)37-5)39(35,36)32-24-16-15-23(38-8-3)19-25(24)30(28(32)34)21-12-10-9-11-13-21/h14-19,21H,6-13H2,1-5H3. The Morgan fingerprint density at radius 3 is 2.28 bits per heavy atom. The van der Waals surface area contributed by atoms with Gasteiger partial charge in [-0.1, -0.05) is 33.1 Å². The molecular weight excluding hydrogens is 520 g/mol. The van der Waals surface area contributed by atoms with Crippen LogP contribution in [0.5, 0.6) is 11.5 Å². The van der Waals surface area contributed by atoms with Crippen LogP contribution in [0.25, 0.3) is 11.0 Å². The maximum absolute atomic E-state index is 14.2. The Morgan fingerprint density at radius 1 is 1.00 bits per heavy atom. The molecule has 1 saturated carbocycles. The van der Waals surface area contributed by atoms with Gasteiger partial charge in [-0.25, -0.2) is 23.2 Å². The average Bonchev–Trinajstić information content (AvgIpc) is 3.23. The second-order valence-electron chi connectivity index (χ2n) is 9.60. The van der Waals surface area contributed by atoms with Crippen LogP contribution in [0.4, 0.5) is 5.69 Å². The lowest BCUT2D eigenvalue weighted by molar-refractivity contribution is -0.119. The van der Waals surface area contributed by atoms with Crippen LogP contribution in [0.3, 0.4) is 0 Å². The number of aromatic nitrogens is 2. The molecule has 1 aliphatic rings. The lowest BCUT2D eigenvalue weighted by Gasteiger charge is -2.32. The minimum atomic E-state index is -4.38. The molecule has 1 aliphatic carbocycles. The van der Waals surface area contributed by atoms with Crippen molar-refractivity contribution >= 4 is 32.7 Å². The smallest absolute Gasteiger partial charge is 0.343 e. The number of ether oxygens (including phenoxy) is 2. The average molecular weight is 559 g/mol. The molecule has 212 valence electrons. The summed E-state index contributed by atoms with van der Waals surface area (Å²) in [7, 11) is -3.00. The van der Waals surface area contributed by atoms with Gasteiger partial charge in [-0.15, -0.1) is 0 Å². The van der Waals surface area contributed by atoms with Crippen molar-refractivity contribution in [3.8, 4) is 11.5 Å². The van der Waals surface area contributed by atoms with Crippen LogP contribution in [0.2, 0.25) is 0 Å². The van der Waals surface area contributed by atoms with E-state index in [1.54, 1.807) is 28.8 Å². The third-order valence-electron chi connectivity index (χ3n) is 7.28. The van der Waals surface area contributed by atoms with Gasteiger partial charge in [0.05, 0.1) is 30.4 Å². The summed E-state index contributed by atoms with van der Waals surface area (Å²) in [6.07, 6.45) is 4.68. The van der Waals surface area contributed by atoms with Gasteiger partial charge in [0, 0.05) is 38.2 Å². The zero-order valence-corrected chi connectivity index (χ0v) is 24.2. The quantitative estimate of drug-likeness (QED) is 0.336. The Morgan fingerprint density at radius 2 is 1.69 bits per heavy atom. The molecule has 1 heterocycles. The number of carbonyl (C=O) groups excluding carboxylic acids is 1. The summed E-state index contributed by atoms with van der Waals surface area (Å²) in [5.41, 5.74) is 0.681. The van der Waals surface area contributed by atoms with Crippen molar-refractivity contribution in [1.82, 2.24) is 13.5 Å². The number of rotatable bonds is 10. The molecule has 1 aromatic heterocycles. The summed E-state index contributed by atoms with van der Waals surface area (Å²) in [6, 6.07) is 9.43. The van der Waals surface area contributed by atoms with Gasteiger partial charge < -0.3 is 9.47 Å². The summed E-state index contributed by atoms with van der Waals surface area (Å²) in [4.78, 5) is 26.2. The first kappa shape index (κ1) is 28.7. The Hall–Kier alpha value is -3.31. The Kier molecular flexibility index (Phi) is 8.70. The molecule has 0 N–H and O–H groups in total. The van der Waals surface area contributed by atoms with Crippen LogP contribution in [0.15, 0.2) is 46.1 Å². The van der Waals surface area contributed by atoms with Gasteiger partial charge in [0.1, 0.15) is 16.4 Å². The van der Waals surface area contributed by atoms with Crippen LogP contribution >= 0.6 is 0 Å². The second kappa shape index (κ2) is 11.8. The first-order valence-corrected chi connectivity index (χ1v) is 15.0. The van der Waals surface area contributed by atoms with E-state index in [-0.39, 0.29) is 28.1 Å². The van der Waals surface area contributed by atoms with E-state index in [4.69, 9.17) is 9.47 Å². The highest BCUT2D eigenvalue weighted by atomic mass is 32.2. The molecular formula is C28H38N4O6S. The van der Waals surface area contributed by atoms with Crippen molar-refractivity contribution in [3.63, 3.8) is 0 Å². The van der Waals surface area contributed by atoms with Crippen molar-refractivity contribution in [1.29, 1.82) is 0 Å². The summed E-state index contributed by atoms with van der Waals surface area (Å²) < 4.78 is 42.0. The van der Waals surface area contributed by atoms with Gasteiger partial charge in [0.2, 0.25) is 5.91 Å². The van der Waals surface area contributed by atoms with Crippen LogP contribution in [-0.2, 0) is 14.8 Å². The Balaban J connectivity index is 1.91. The van der Waals surface area contributed by atoms with E-state index in [0.717, 1.165) is 36.1 Å². The number of carbonyl (C=O) groups is 1.